The zero-order valence-electron chi connectivity index (χ0n) is 24.1. The molecule has 0 amide bonds. The summed E-state index contributed by atoms with van der Waals surface area (Å²) in [6, 6.07) is 0.652. The summed E-state index contributed by atoms with van der Waals surface area (Å²) in [6.07, 6.45) is -4.64. The van der Waals surface area contributed by atoms with Crippen molar-refractivity contribution in [2.24, 2.45) is 0 Å². The molecule has 2 fully saturated rings. The molecule has 2 aliphatic rings. The second-order valence-corrected chi connectivity index (χ2v) is 11.8. The molecule has 7 N–H and O–H groups in total. The number of fused-ring (bicyclic) bond motifs is 1. The number of benzene rings is 1. The number of nitrogens with zero attached hydrogens (tertiary/aromatic N) is 4. The molecule has 16 heteroatoms. The predicted molar refractivity (Wildman–Crippen MR) is 151 cm³/mol. The number of aliphatic carboxylic acids is 1. The molecule has 11 nitrogen and oxygen atoms in total. The highest BCUT2D eigenvalue weighted by Crippen LogP contribution is 2.45. The van der Waals surface area contributed by atoms with Crippen LogP contribution in [0.25, 0.3) is 22.2 Å². The van der Waals surface area contributed by atoms with E-state index < -0.39 is 82.0 Å². The number of hydrogen-bond acceptors (Lipinski definition) is 10. The lowest BCUT2D eigenvalue weighted by Crippen LogP contribution is -2.64. The first-order chi connectivity index (χ1) is 20.5. The minimum atomic E-state index is -5.12. The van der Waals surface area contributed by atoms with Crippen molar-refractivity contribution in [1.82, 2.24) is 20.3 Å². The number of carboxylic acids is 1. The van der Waals surface area contributed by atoms with Crippen LogP contribution in [0.2, 0.25) is 0 Å². The first-order valence-corrected chi connectivity index (χ1v) is 13.8. The highest BCUT2D eigenvalue weighted by molar-refractivity contribution is 5.96. The number of carboxylic acid groups (broad SMARTS) is 1. The molecule has 3 unspecified atom stereocenters. The van der Waals surface area contributed by atoms with Crippen molar-refractivity contribution in [3.8, 4) is 17.1 Å². The molecule has 0 bridgehead atoms. The standard InChI is InChI=1S/C28H32F5N7O4/c1-12(9-26(3)4-6-36-26)44-24-17-22(38-25(39-23(17)35)40-7-5-27(40,11-41)10-16(42)43)20(30)21(37-24)14-8-15(34)19(29)13(2)18(14)28(31,32)33/h8,12,36,41H,4-7,9-11,34H2,1-3H3,(H,42,43)(H2,35,38,39). The van der Waals surface area contributed by atoms with Crippen molar-refractivity contribution in [2.75, 3.05) is 36.1 Å². The molecular weight excluding hydrogens is 593 g/mol. The van der Waals surface area contributed by atoms with Gasteiger partial charge in [0.25, 0.3) is 0 Å². The Morgan fingerprint density at radius 3 is 2.41 bits per heavy atom. The van der Waals surface area contributed by atoms with Gasteiger partial charge in [-0.25, -0.2) is 18.7 Å². The highest BCUT2D eigenvalue weighted by Gasteiger charge is 2.48. The maximum atomic E-state index is 16.4. The summed E-state index contributed by atoms with van der Waals surface area (Å²) < 4.78 is 79.9. The topological polar surface area (TPSA) is 173 Å². The van der Waals surface area contributed by atoms with E-state index in [0.29, 0.717) is 12.5 Å². The van der Waals surface area contributed by atoms with E-state index in [9.17, 15) is 32.6 Å². The largest absolute Gasteiger partial charge is 0.481 e. The number of aromatic nitrogens is 3. The summed E-state index contributed by atoms with van der Waals surface area (Å²) >= 11 is 0. The van der Waals surface area contributed by atoms with E-state index in [2.05, 4.69) is 20.3 Å². The first kappa shape index (κ1) is 31.4. The number of nitrogens with two attached hydrogens (primary N) is 2. The lowest BCUT2D eigenvalue weighted by Gasteiger charge is -2.51. The van der Waals surface area contributed by atoms with E-state index in [1.807, 2.05) is 6.92 Å². The molecular formula is C28H32F5N7O4. The van der Waals surface area contributed by atoms with Crippen LogP contribution in [0.4, 0.5) is 39.4 Å². The van der Waals surface area contributed by atoms with Gasteiger partial charge in [-0.2, -0.15) is 18.2 Å². The van der Waals surface area contributed by atoms with Crippen LogP contribution < -0.4 is 26.4 Å². The Morgan fingerprint density at radius 2 is 1.89 bits per heavy atom. The average molecular weight is 626 g/mol. The van der Waals surface area contributed by atoms with Crippen LogP contribution in [0, 0.1) is 18.6 Å². The fourth-order valence-electron chi connectivity index (χ4n) is 6.04. The van der Waals surface area contributed by atoms with Gasteiger partial charge in [0.05, 0.1) is 35.9 Å². The summed E-state index contributed by atoms with van der Waals surface area (Å²) in [7, 11) is 0. The van der Waals surface area contributed by atoms with Gasteiger partial charge in [0.15, 0.2) is 5.82 Å². The minimum absolute atomic E-state index is 0.191. The molecule has 2 aliphatic heterocycles. The second-order valence-electron chi connectivity index (χ2n) is 11.8. The summed E-state index contributed by atoms with van der Waals surface area (Å²) in [6.45, 7) is 4.95. The van der Waals surface area contributed by atoms with Crippen molar-refractivity contribution >= 4 is 34.3 Å². The number of ether oxygens (including phenoxy) is 1. The minimum Gasteiger partial charge on any atom is -0.481 e. The van der Waals surface area contributed by atoms with Crippen molar-refractivity contribution in [3.05, 3.63) is 28.8 Å². The Balaban J connectivity index is 1.75. The van der Waals surface area contributed by atoms with Gasteiger partial charge in [-0.05, 0) is 51.8 Å². The number of nitrogen functional groups attached to an aromatic ring is 2. The number of pyridine rings is 1. The lowest BCUT2D eigenvalue weighted by molar-refractivity contribution is -0.140. The normalized spacial score (nSPS) is 22.4. The molecule has 44 heavy (non-hydrogen) atoms. The van der Waals surface area contributed by atoms with E-state index >= 15 is 4.39 Å². The molecule has 5 rings (SSSR count). The zero-order valence-corrected chi connectivity index (χ0v) is 24.1. The first-order valence-electron chi connectivity index (χ1n) is 13.8. The summed E-state index contributed by atoms with van der Waals surface area (Å²) in [5.74, 6) is -4.79. The number of aliphatic hydroxyl groups is 1. The fourth-order valence-corrected chi connectivity index (χ4v) is 6.04. The Bertz CT molecular complexity index is 1650. The number of halogens is 5. The molecule has 2 saturated heterocycles. The molecule has 0 spiro atoms. The molecule has 238 valence electrons. The number of aliphatic hydroxyl groups excluding tert-OH is 1. The van der Waals surface area contributed by atoms with Crippen LogP contribution >= 0.6 is 0 Å². The van der Waals surface area contributed by atoms with E-state index in [4.69, 9.17) is 16.2 Å². The van der Waals surface area contributed by atoms with E-state index in [1.54, 1.807) is 6.92 Å². The Hall–Kier alpha value is -4.05. The predicted octanol–water partition coefficient (Wildman–Crippen LogP) is 3.79. The summed E-state index contributed by atoms with van der Waals surface area (Å²) in [5, 5.41) is 22.5. The molecule has 0 aliphatic carbocycles. The third-order valence-corrected chi connectivity index (χ3v) is 8.50. The smallest absolute Gasteiger partial charge is 0.417 e. The van der Waals surface area contributed by atoms with Crippen molar-refractivity contribution < 1.29 is 41.7 Å². The van der Waals surface area contributed by atoms with E-state index in [1.165, 1.54) is 4.90 Å². The van der Waals surface area contributed by atoms with Crippen LogP contribution in [-0.4, -0.2) is 68.0 Å². The van der Waals surface area contributed by atoms with Gasteiger partial charge in [0, 0.05) is 24.1 Å². The fraction of sp³-hybridized carbons (Fsp3) is 0.500. The molecule has 3 aromatic rings. The number of anilines is 3. The van der Waals surface area contributed by atoms with E-state index in [0.717, 1.165) is 19.9 Å². The molecule has 1 aromatic carbocycles. The van der Waals surface area contributed by atoms with Crippen molar-refractivity contribution in [1.29, 1.82) is 0 Å². The van der Waals surface area contributed by atoms with Gasteiger partial charge in [0.2, 0.25) is 11.8 Å². The van der Waals surface area contributed by atoms with Gasteiger partial charge in [-0.1, -0.05) is 0 Å². The lowest BCUT2D eigenvalue weighted by atomic mass is 9.82. The van der Waals surface area contributed by atoms with Crippen LogP contribution in [0.5, 0.6) is 5.88 Å². The van der Waals surface area contributed by atoms with Gasteiger partial charge in [0.1, 0.15) is 28.2 Å². The maximum Gasteiger partial charge on any atom is 0.417 e. The number of rotatable bonds is 9. The third-order valence-electron chi connectivity index (χ3n) is 8.50. The van der Waals surface area contributed by atoms with Crippen molar-refractivity contribution in [2.45, 2.75) is 69.8 Å². The number of nitrogens with one attached hydrogen (secondary N) is 1. The second kappa shape index (κ2) is 10.8. The summed E-state index contributed by atoms with van der Waals surface area (Å²) in [5.41, 5.74) is 5.14. The van der Waals surface area contributed by atoms with Gasteiger partial charge in [-0.15, -0.1) is 0 Å². The number of carbonyl (C=O) groups is 1. The van der Waals surface area contributed by atoms with Crippen LogP contribution in [-0.2, 0) is 11.0 Å². The van der Waals surface area contributed by atoms with Crippen LogP contribution in [0.15, 0.2) is 6.07 Å². The molecule has 3 atom stereocenters. The SMILES string of the molecule is Cc1c(F)c(N)cc(-c2nc(OC(C)CC3(C)CCN3)c3c(N)nc(N4CCC4(CO)CC(=O)O)nc3c2F)c1C(F)(F)F. The van der Waals surface area contributed by atoms with E-state index in [-0.39, 0.29) is 41.5 Å². The molecule has 4 heterocycles. The summed E-state index contributed by atoms with van der Waals surface area (Å²) in [4.78, 5) is 25.5. The number of hydrogen-bond donors (Lipinski definition) is 5. The maximum absolute atomic E-state index is 16.4. The quantitative estimate of drug-likeness (QED) is 0.173. The Labute approximate surface area is 248 Å². The van der Waals surface area contributed by atoms with Gasteiger partial charge < -0.3 is 36.6 Å². The molecule has 0 radical (unpaired) electrons. The Kier molecular flexibility index (Phi) is 7.73. The van der Waals surface area contributed by atoms with Crippen LogP contribution in [0.3, 0.4) is 0 Å². The van der Waals surface area contributed by atoms with Crippen LogP contribution in [0.1, 0.15) is 50.7 Å². The molecule has 0 saturated carbocycles. The van der Waals surface area contributed by atoms with Gasteiger partial charge >= 0.3 is 12.1 Å². The number of alkyl halides is 3. The zero-order chi connectivity index (χ0) is 32.4. The van der Waals surface area contributed by atoms with Crippen molar-refractivity contribution in [3.63, 3.8) is 0 Å². The highest BCUT2D eigenvalue weighted by atomic mass is 19.4. The van der Waals surface area contributed by atoms with Gasteiger partial charge in [-0.3, -0.25) is 4.79 Å². The molecule has 2 aromatic heterocycles. The average Bonchev–Trinajstić information content (AvgIpc) is 2.89. The monoisotopic (exact) mass is 625 g/mol. The Morgan fingerprint density at radius 1 is 1.20 bits per heavy atom. The third kappa shape index (κ3) is 5.29.